The summed E-state index contributed by atoms with van der Waals surface area (Å²) in [5.74, 6) is 0.0799. The summed E-state index contributed by atoms with van der Waals surface area (Å²) >= 11 is 1.58. The maximum absolute atomic E-state index is 12.7. The van der Waals surface area contributed by atoms with Gasteiger partial charge in [0.1, 0.15) is 5.41 Å². The highest BCUT2D eigenvalue weighted by Crippen LogP contribution is 2.48. The van der Waals surface area contributed by atoms with E-state index in [9.17, 15) is 14.9 Å². The third-order valence-corrected chi connectivity index (χ3v) is 6.42. The highest BCUT2D eigenvalue weighted by Gasteiger charge is 2.56. The Kier molecular flexibility index (Phi) is 3.44. The van der Waals surface area contributed by atoms with Crippen LogP contribution in [0.3, 0.4) is 0 Å². The zero-order chi connectivity index (χ0) is 16.9. The van der Waals surface area contributed by atoms with Crippen molar-refractivity contribution in [2.24, 2.45) is 5.41 Å². The van der Waals surface area contributed by atoms with Crippen molar-refractivity contribution in [1.82, 2.24) is 9.80 Å². The highest BCUT2D eigenvalue weighted by molar-refractivity contribution is 7.08. The molecule has 1 aromatic rings. The molecule has 1 aromatic heterocycles. The summed E-state index contributed by atoms with van der Waals surface area (Å²) in [5, 5.41) is 13.2. The number of likely N-dealkylation sites (N-methyl/N-ethyl adjacent to an activating group) is 1. The van der Waals surface area contributed by atoms with Crippen LogP contribution in [0, 0.1) is 16.7 Å². The van der Waals surface area contributed by atoms with Gasteiger partial charge < -0.3 is 9.80 Å². The Morgan fingerprint density at radius 1 is 1.33 bits per heavy atom. The van der Waals surface area contributed by atoms with Gasteiger partial charge in [-0.2, -0.15) is 16.6 Å². The van der Waals surface area contributed by atoms with Gasteiger partial charge in [0, 0.05) is 25.0 Å². The molecule has 1 spiro atoms. The average Bonchev–Trinajstić information content (AvgIpc) is 2.98. The smallest absolute Gasteiger partial charge is 0.243 e. The summed E-state index contributed by atoms with van der Waals surface area (Å²) in [5.41, 5.74) is -0.0310. The van der Waals surface area contributed by atoms with Gasteiger partial charge in [0.15, 0.2) is 0 Å². The lowest BCUT2D eigenvalue weighted by molar-refractivity contribution is -0.134. The zero-order valence-corrected chi connectivity index (χ0v) is 14.5. The molecule has 1 atom stereocenters. The van der Waals surface area contributed by atoms with Crippen molar-refractivity contribution >= 4 is 28.8 Å². The number of rotatable bonds is 2. The Morgan fingerprint density at radius 2 is 2.12 bits per heavy atom. The Hall–Kier alpha value is -1.91. The molecule has 1 aliphatic carbocycles. The van der Waals surface area contributed by atoms with Crippen molar-refractivity contribution in [1.29, 1.82) is 5.26 Å². The van der Waals surface area contributed by atoms with Crippen LogP contribution < -0.4 is 4.90 Å². The van der Waals surface area contributed by atoms with E-state index in [4.69, 9.17) is 0 Å². The van der Waals surface area contributed by atoms with Gasteiger partial charge in [-0.15, -0.1) is 0 Å². The summed E-state index contributed by atoms with van der Waals surface area (Å²) < 4.78 is 0. The topological polar surface area (TPSA) is 67.7 Å². The van der Waals surface area contributed by atoms with Crippen LogP contribution in [0.2, 0.25) is 0 Å². The molecule has 4 rings (SSSR count). The minimum absolute atomic E-state index is 0.0192. The molecule has 1 saturated carbocycles. The quantitative estimate of drug-likeness (QED) is 0.811. The second kappa shape index (κ2) is 5.30. The number of hydrogen-bond donors (Lipinski definition) is 0. The Morgan fingerprint density at radius 3 is 2.75 bits per heavy atom. The molecule has 3 fully saturated rings. The number of likely N-dealkylation sites (tertiary alicyclic amines) is 1. The van der Waals surface area contributed by atoms with E-state index in [2.05, 4.69) is 11.0 Å². The number of nitriles is 1. The minimum atomic E-state index is -0.762. The standard InChI is InChI=1S/C17H20N4O2S/c1-19-8-14(22)21(13-2-7-24-9-13)12-17(19)5-6-20(11-17)15(23)16(10-18)3-4-16/h2,7,9H,3-6,8,11-12H2,1H3/t17-/m1/s1. The van der Waals surface area contributed by atoms with Crippen molar-refractivity contribution < 1.29 is 9.59 Å². The highest BCUT2D eigenvalue weighted by atomic mass is 32.1. The van der Waals surface area contributed by atoms with Gasteiger partial charge in [-0.05, 0) is 37.8 Å². The van der Waals surface area contributed by atoms with Gasteiger partial charge in [0.05, 0.1) is 23.8 Å². The summed E-state index contributed by atoms with van der Waals surface area (Å²) in [6.07, 6.45) is 2.20. The predicted octanol–water partition coefficient (Wildman–Crippen LogP) is 1.30. The van der Waals surface area contributed by atoms with Crippen LogP contribution in [0.25, 0.3) is 0 Å². The molecule has 6 nitrogen and oxygen atoms in total. The summed E-state index contributed by atoms with van der Waals surface area (Å²) in [4.78, 5) is 30.9. The predicted molar refractivity (Wildman–Crippen MR) is 90.5 cm³/mol. The fourth-order valence-electron chi connectivity index (χ4n) is 3.88. The fraction of sp³-hybridized carbons (Fsp3) is 0.588. The van der Waals surface area contributed by atoms with E-state index in [1.165, 1.54) is 0 Å². The monoisotopic (exact) mass is 344 g/mol. The molecule has 3 aliphatic rings. The van der Waals surface area contributed by atoms with Crippen molar-refractivity contribution in [2.75, 3.05) is 38.1 Å². The number of amides is 2. The normalized spacial score (nSPS) is 29.1. The van der Waals surface area contributed by atoms with Gasteiger partial charge >= 0.3 is 0 Å². The largest absolute Gasteiger partial charge is 0.339 e. The lowest BCUT2D eigenvalue weighted by atomic mass is 9.92. The molecule has 0 radical (unpaired) electrons. The number of piperazine rings is 1. The van der Waals surface area contributed by atoms with Crippen molar-refractivity contribution in [2.45, 2.75) is 24.8 Å². The second-order valence-corrected chi connectivity index (χ2v) is 7.99. The first-order chi connectivity index (χ1) is 11.5. The summed E-state index contributed by atoms with van der Waals surface area (Å²) in [7, 11) is 1.97. The first-order valence-electron chi connectivity index (χ1n) is 8.24. The fourth-order valence-corrected chi connectivity index (χ4v) is 4.52. The van der Waals surface area contributed by atoms with Crippen molar-refractivity contribution in [3.05, 3.63) is 16.8 Å². The minimum Gasteiger partial charge on any atom is -0.339 e. The molecular weight excluding hydrogens is 324 g/mol. The maximum Gasteiger partial charge on any atom is 0.243 e. The van der Waals surface area contributed by atoms with Crippen LogP contribution in [0.4, 0.5) is 5.69 Å². The van der Waals surface area contributed by atoms with E-state index in [1.807, 2.05) is 33.7 Å². The van der Waals surface area contributed by atoms with Crippen molar-refractivity contribution in [3.8, 4) is 6.07 Å². The zero-order valence-electron chi connectivity index (χ0n) is 13.7. The van der Waals surface area contributed by atoms with Crippen LogP contribution in [0.5, 0.6) is 0 Å². The van der Waals surface area contributed by atoms with E-state index in [-0.39, 0.29) is 17.4 Å². The second-order valence-electron chi connectivity index (χ2n) is 7.21. The van der Waals surface area contributed by atoms with Crippen LogP contribution in [0.15, 0.2) is 16.8 Å². The van der Waals surface area contributed by atoms with Gasteiger partial charge in [-0.3, -0.25) is 14.5 Å². The molecule has 126 valence electrons. The van der Waals surface area contributed by atoms with E-state index in [1.54, 1.807) is 11.3 Å². The van der Waals surface area contributed by atoms with Crippen LogP contribution >= 0.6 is 11.3 Å². The first kappa shape index (κ1) is 15.6. The summed E-state index contributed by atoms with van der Waals surface area (Å²) in [6, 6.07) is 4.17. The number of hydrogen-bond acceptors (Lipinski definition) is 5. The molecule has 0 N–H and O–H groups in total. The number of thiophene rings is 1. The molecular formula is C17H20N4O2S. The van der Waals surface area contributed by atoms with Gasteiger partial charge in [-0.1, -0.05) is 0 Å². The maximum atomic E-state index is 12.7. The Bertz CT molecular complexity index is 721. The molecule has 0 bridgehead atoms. The Labute approximate surface area is 145 Å². The van der Waals surface area contributed by atoms with E-state index < -0.39 is 5.41 Å². The molecule has 7 heteroatoms. The molecule has 2 amide bonds. The lowest BCUT2D eigenvalue weighted by Crippen LogP contribution is -2.64. The van der Waals surface area contributed by atoms with E-state index in [0.29, 0.717) is 39.0 Å². The SMILES string of the molecule is CN1CC(=O)N(c2ccsc2)C[C@]12CCN(C(=O)C1(C#N)CC1)C2. The third-order valence-electron chi connectivity index (χ3n) is 5.75. The van der Waals surface area contributed by atoms with Crippen molar-refractivity contribution in [3.63, 3.8) is 0 Å². The van der Waals surface area contributed by atoms with Gasteiger partial charge in [-0.25, -0.2) is 0 Å². The molecule has 0 aromatic carbocycles. The van der Waals surface area contributed by atoms with Crippen LogP contribution in [0.1, 0.15) is 19.3 Å². The molecule has 24 heavy (non-hydrogen) atoms. The Balaban J connectivity index is 1.55. The molecule has 3 heterocycles. The number of nitrogens with zero attached hydrogens (tertiary/aromatic N) is 4. The molecule has 2 saturated heterocycles. The number of carbonyl (C=O) groups is 2. The van der Waals surface area contributed by atoms with Crippen LogP contribution in [-0.2, 0) is 9.59 Å². The molecule has 0 unspecified atom stereocenters. The van der Waals surface area contributed by atoms with E-state index in [0.717, 1.165) is 12.1 Å². The van der Waals surface area contributed by atoms with E-state index >= 15 is 0 Å². The van der Waals surface area contributed by atoms with Gasteiger partial charge in [0.2, 0.25) is 11.8 Å². The lowest BCUT2D eigenvalue weighted by Gasteiger charge is -2.46. The summed E-state index contributed by atoms with van der Waals surface area (Å²) in [6.45, 7) is 2.22. The first-order valence-corrected chi connectivity index (χ1v) is 9.18. The number of anilines is 1. The third kappa shape index (κ3) is 2.25. The number of carbonyl (C=O) groups excluding carboxylic acids is 2. The van der Waals surface area contributed by atoms with Crippen LogP contribution in [-0.4, -0.2) is 60.4 Å². The molecule has 2 aliphatic heterocycles. The van der Waals surface area contributed by atoms with Gasteiger partial charge in [0.25, 0.3) is 0 Å². The average molecular weight is 344 g/mol.